The topological polar surface area (TPSA) is 98.7 Å². The van der Waals surface area contributed by atoms with Crippen molar-refractivity contribution in [2.24, 2.45) is 0 Å². The Morgan fingerprint density at radius 3 is 2.53 bits per heavy atom. The molecule has 3 amide bonds. The van der Waals surface area contributed by atoms with Gasteiger partial charge in [-0.1, -0.05) is 42.2 Å². The Bertz CT molecular complexity index is 1040. The number of carbonyl (C=O) groups is 3. The van der Waals surface area contributed by atoms with Crippen LogP contribution in [0.3, 0.4) is 0 Å². The number of halogens is 1. The molecule has 10 heteroatoms. The molecule has 7 nitrogen and oxygen atoms in total. The minimum Gasteiger partial charge on any atom is -0.508 e. The fourth-order valence-corrected chi connectivity index (χ4v) is 3.81. The van der Waals surface area contributed by atoms with Crippen molar-refractivity contribution in [1.82, 2.24) is 15.8 Å². The number of hydrogen-bond donors (Lipinski definition) is 3. The van der Waals surface area contributed by atoms with Crippen LogP contribution in [0, 0.1) is 5.82 Å². The van der Waals surface area contributed by atoms with Crippen LogP contribution >= 0.6 is 24.0 Å². The first-order valence-corrected chi connectivity index (χ1v) is 9.96. The van der Waals surface area contributed by atoms with Crippen molar-refractivity contribution in [3.8, 4) is 5.75 Å². The van der Waals surface area contributed by atoms with E-state index in [1.807, 2.05) is 0 Å². The van der Waals surface area contributed by atoms with Gasteiger partial charge in [-0.05, 0) is 36.4 Å². The number of nitrogens with one attached hydrogen (secondary N) is 2. The molecule has 1 heterocycles. The van der Waals surface area contributed by atoms with Crippen molar-refractivity contribution in [2.45, 2.75) is 6.42 Å². The lowest BCUT2D eigenvalue weighted by molar-refractivity contribution is -0.124. The number of carbonyl (C=O) groups excluding carboxylic acids is 3. The van der Waals surface area contributed by atoms with Crippen molar-refractivity contribution >= 4 is 52.1 Å². The lowest BCUT2D eigenvalue weighted by Gasteiger charge is -2.14. The maximum Gasteiger partial charge on any atom is 0.269 e. The molecule has 154 valence electrons. The molecular formula is C20H16FN3O4S2. The van der Waals surface area contributed by atoms with Crippen LogP contribution in [0.5, 0.6) is 5.75 Å². The number of hydrogen-bond acceptors (Lipinski definition) is 6. The summed E-state index contributed by atoms with van der Waals surface area (Å²) in [6.45, 7) is 0.0141. The van der Waals surface area contributed by atoms with E-state index in [1.165, 1.54) is 41.3 Å². The molecule has 0 bridgehead atoms. The molecule has 1 aliphatic rings. The Labute approximate surface area is 180 Å². The molecule has 0 aromatic heterocycles. The average molecular weight is 445 g/mol. The molecule has 3 rings (SSSR count). The molecule has 1 fully saturated rings. The van der Waals surface area contributed by atoms with Gasteiger partial charge in [0.25, 0.3) is 11.8 Å². The van der Waals surface area contributed by atoms with Gasteiger partial charge in [-0.2, -0.15) is 0 Å². The summed E-state index contributed by atoms with van der Waals surface area (Å²) in [5.41, 5.74) is 5.03. The summed E-state index contributed by atoms with van der Waals surface area (Å²) < 4.78 is 14.1. The number of benzene rings is 2. The third-order valence-electron chi connectivity index (χ3n) is 4.07. The molecule has 1 saturated heterocycles. The van der Waals surface area contributed by atoms with Crippen molar-refractivity contribution in [3.05, 3.63) is 70.4 Å². The second-order valence-electron chi connectivity index (χ2n) is 6.15. The molecule has 0 radical (unpaired) electrons. The molecule has 1 aliphatic heterocycles. The van der Waals surface area contributed by atoms with Gasteiger partial charge in [-0.15, -0.1) is 0 Å². The molecule has 0 saturated carbocycles. The van der Waals surface area contributed by atoms with E-state index in [9.17, 15) is 23.9 Å². The summed E-state index contributed by atoms with van der Waals surface area (Å²) in [7, 11) is 0. The highest BCUT2D eigenvalue weighted by molar-refractivity contribution is 8.26. The first-order valence-electron chi connectivity index (χ1n) is 8.73. The Hall–Kier alpha value is -3.24. The van der Waals surface area contributed by atoms with Gasteiger partial charge in [-0.25, -0.2) is 4.39 Å². The van der Waals surface area contributed by atoms with Crippen LogP contribution in [0.25, 0.3) is 6.08 Å². The highest BCUT2D eigenvalue weighted by Gasteiger charge is 2.32. The second kappa shape index (κ2) is 9.51. The molecule has 30 heavy (non-hydrogen) atoms. The van der Waals surface area contributed by atoms with Crippen molar-refractivity contribution in [1.29, 1.82) is 0 Å². The summed E-state index contributed by atoms with van der Waals surface area (Å²) in [5.74, 6) is -1.92. The monoisotopic (exact) mass is 445 g/mol. The minimum atomic E-state index is -0.554. The zero-order valence-electron chi connectivity index (χ0n) is 15.4. The predicted molar refractivity (Wildman–Crippen MR) is 115 cm³/mol. The Balaban J connectivity index is 1.52. The Morgan fingerprint density at radius 2 is 1.83 bits per heavy atom. The number of thiocarbonyl (C=S) groups is 1. The zero-order chi connectivity index (χ0) is 21.7. The number of phenolic OH excluding ortho intramolecular Hbond substituents is 1. The van der Waals surface area contributed by atoms with Crippen LogP contribution in [0.4, 0.5) is 4.39 Å². The number of hydrazine groups is 1. The van der Waals surface area contributed by atoms with E-state index in [1.54, 1.807) is 18.2 Å². The number of thioether (sulfide) groups is 1. The standard InChI is InChI=1S/C20H16FN3O4S2/c21-15-4-2-1-3-13(15)11-16-19(28)24(20(29)30-16)10-9-17(26)22-23-18(27)12-5-7-14(25)8-6-12/h1-8,11,25H,9-10H2,(H,22,26)(H,23,27)/b16-11+. The first-order chi connectivity index (χ1) is 14.3. The summed E-state index contributed by atoms with van der Waals surface area (Å²) in [4.78, 5) is 38.0. The van der Waals surface area contributed by atoms with Gasteiger partial charge in [-0.3, -0.25) is 30.1 Å². The molecule has 2 aromatic carbocycles. The highest BCUT2D eigenvalue weighted by Crippen LogP contribution is 2.32. The van der Waals surface area contributed by atoms with Gasteiger partial charge in [0.05, 0.1) is 4.91 Å². The third-order valence-corrected chi connectivity index (χ3v) is 5.45. The molecular weight excluding hydrogens is 429 g/mol. The molecule has 0 spiro atoms. The van der Waals surface area contributed by atoms with Gasteiger partial charge in [0.2, 0.25) is 5.91 Å². The Kier molecular flexibility index (Phi) is 6.80. The predicted octanol–water partition coefficient (Wildman–Crippen LogP) is 2.58. The van der Waals surface area contributed by atoms with Crippen molar-refractivity contribution in [3.63, 3.8) is 0 Å². The lowest BCUT2D eigenvalue weighted by atomic mass is 10.2. The van der Waals surface area contributed by atoms with E-state index in [0.717, 1.165) is 11.8 Å². The third kappa shape index (κ3) is 5.22. The fraction of sp³-hybridized carbons (Fsp3) is 0.100. The lowest BCUT2D eigenvalue weighted by Crippen LogP contribution is -2.43. The van der Waals surface area contributed by atoms with Crippen molar-refractivity contribution in [2.75, 3.05) is 6.54 Å². The number of phenols is 1. The smallest absolute Gasteiger partial charge is 0.269 e. The van der Waals surface area contributed by atoms with Crippen LogP contribution < -0.4 is 10.9 Å². The summed E-state index contributed by atoms with van der Waals surface area (Å²) in [6.07, 6.45) is 1.32. The van der Waals surface area contributed by atoms with E-state index in [4.69, 9.17) is 12.2 Å². The summed E-state index contributed by atoms with van der Waals surface area (Å²) in [5, 5.41) is 9.22. The van der Waals surface area contributed by atoms with Crippen LogP contribution in [-0.2, 0) is 9.59 Å². The molecule has 2 aromatic rings. The second-order valence-corrected chi connectivity index (χ2v) is 7.83. The fourth-order valence-electron chi connectivity index (χ4n) is 2.51. The van der Waals surface area contributed by atoms with Gasteiger partial charge >= 0.3 is 0 Å². The minimum absolute atomic E-state index is 0.0141. The number of amides is 3. The number of nitrogens with zero attached hydrogens (tertiary/aromatic N) is 1. The van der Waals surface area contributed by atoms with Crippen molar-refractivity contribution < 1.29 is 23.9 Å². The zero-order valence-corrected chi connectivity index (χ0v) is 17.1. The normalized spacial score (nSPS) is 14.8. The van der Waals surface area contributed by atoms with Gasteiger partial charge in [0, 0.05) is 24.1 Å². The summed E-state index contributed by atoms with van der Waals surface area (Å²) in [6, 6.07) is 11.6. The van der Waals surface area contributed by atoms with E-state index >= 15 is 0 Å². The van der Waals surface area contributed by atoms with Crippen LogP contribution in [-0.4, -0.2) is 38.6 Å². The van der Waals surface area contributed by atoms with Crippen LogP contribution in [0.2, 0.25) is 0 Å². The van der Waals surface area contributed by atoms with Crippen LogP contribution in [0.15, 0.2) is 53.4 Å². The Morgan fingerprint density at radius 1 is 1.13 bits per heavy atom. The van der Waals surface area contributed by atoms with E-state index in [-0.39, 0.29) is 39.1 Å². The van der Waals surface area contributed by atoms with Crippen LogP contribution in [0.1, 0.15) is 22.3 Å². The maximum absolute atomic E-state index is 13.8. The van der Waals surface area contributed by atoms with E-state index < -0.39 is 23.5 Å². The quantitative estimate of drug-likeness (QED) is 0.372. The molecule has 0 unspecified atom stereocenters. The molecule has 0 atom stereocenters. The maximum atomic E-state index is 13.8. The van der Waals surface area contributed by atoms with Gasteiger partial charge in [0.1, 0.15) is 15.9 Å². The van der Waals surface area contributed by atoms with Gasteiger partial charge < -0.3 is 5.11 Å². The summed E-state index contributed by atoms with van der Waals surface area (Å²) >= 11 is 6.22. The highest BCUT2D eigenvalue weighted by atomic mass is 32.2. The molecule has 3 N–H and O–H groups in total. The first kappa shape index (κ1) is 21.5. The van der Waals surface area contributed by atoms with E-state index in [0.29, 0.717) is 0 Å². The SMILES string of the molecule is O=C(CCN1C(=O)/C(=C\c2ccccc2F)SC1=S)NNC(=O)c1ccc(O)cc1. The largest absolute Gasteiger partial charge is 0.508 e. The number of rotatable bonds is 5. The average Bonchev–Trinajstić information content (AvgIpc) is 2.99. The van der Waals surface area contributed by atoms with Gasteiger partial charge in [0.15, 0.2) is 0 Å². The molecule has 0 aliphatic carbocycles. The van der Waals surface area contributed by atoms with E-state index in [2.05, 4.69) is 10.9 Å². The number of aromatic hydroxyl groups is 1.